The average molecular weight is 333 g/mol. The van der Waals surface area contributed by atoms with Crippen LogP contribution >= 0.6 is 0 Å². The molecule has 5 heteroatoms. The average Bonchev–Trinajstić information content (AvgIpc) is 2.54. The van der Waals surface area contributed by atoms with Gasteiger partial charge in [0.2, 0.25) is 10.0 Å². The molecule has 0 saturated heterocycles. The Bertz CT molecular complexity index is 712. The Hall–Kier alpha value is -1.69. The smallest absolute Gasteiger partial charge is 0.240 e. The minimum Gasteiger partial charge on any atom is -0.396 e. The standard InChI is InChI=1S/C18H23NO3S/c1-14-8-10-17(11-9-14)23(21,22)19-18(15(2)13-20)12-16-6-4-3-5-7-16/h3-11,15,18-20H,12-13H2,1-2H3/t15-,18-/m0/s1. The van der Waals surface area contributed by atoms with Crippen LogP contribution in [-0.4, -0.2) is 26.2 Å². The van der Waals surface area contributed by atoms with Crippen LogP contribution in [0.5, 0.6) is 0 Å². The Labute approximate surface area is 138 Å². The van der Waals surface area contributed by atoms with Crippen molar-refractivity contribution in [1.82, 2.24) is 4.72 Å². The lowest BCUT2D eigenvalue weighted by molar-refractivity contribution is 0.210. The van der Waals surface area contributed by atoms with Gasteiger partial charge >= 0.3 is 0 Å². The lowest BCUT2D eigenvalue weighted by atomic mass is 9.96. The molecule has 0 bridgehead atoms. The summed E-state index contributed by atoms with van der Waals surface area (Å²) in [6, 6.07) is 16.1. The summed E-state index contributed by atoms with van der Waals surface area (Å²) in [6.45, 7) is 3.68. The Balaban J connectivity index is 2.21. The fraction of sp³-hybridized carbons (Fsp3) is 0.333. The van der Waals surface area contributed by atoms with Gasteiger partial charge in [0.25, 0.3) is 0 Å². The van der Waals surface area contributed by atoms with E-state index >= 15 is 0 Å². The summed E-state index contributed by atoms with van der Waals surface area (Å²) in [5, 5.41) is 9.45. The quantitative estimate of drug-likeness (QED) is 0.818. The maximum atomic E-state index is 12.6. The highest BCUT2D eigenvalue weighted by molar-refractivity contribution is 7.89. The Morgan fingerprint density at radius 3 is 2.22 bits per heavy atom. The van der Waals surface area contributed by atoms with Crippen molar-refractivity contribution >= 4 is 10.0 Å². The third kappa shape index (κ3) is 4.89. The van der Waals surface area contributed by atoms with E-state index in [1.165, 1.54) is 0 Å². The molecule has 0 aliphatic rings. The molecule has 124 valence electrons. The summed E-state index contributed by atoms with van der Waals surface area (Å²) in [4.78, 5) is 0.242. The molecule has 0 aliphatic carbocycles. The molecule has 0 aromatic heterocycles. The number of hydrogen-bond donors (Lipinski definition) is 2. The number of nitrogens with one attached hydrogen (secondary N) is 1. The molecule has 2 aromatic carbocycles. The molecule has 0 amide bonds. The second-order valence-electron chi connectivity index (χ2n) is 5.89. The van der Waals surface area contributed by atoms with Crippen LogP contribution < -0.4 is 4.72 Å². The SMILES string of the molecule is Cc1ccc(S(=O)(=O)N[C@@H](Cc2ccccc2)[C@@H](C)CO)cc1. The van der Waals surface area contributed by atoms with Crippen LogP contribution in [0, 0.1) is 12.8 Å². The van der Waals surface area contributed by atoms with Crippen molar-refractivity contribution < 1.29 is 13.5 Å². The van der Waals surface area contributed by atoms with Gasteiger partial charge in [-0.15, -0.1) is 0 Å². The fourth-order valence-electron chi connectivity index (χ4n) is 2.34. The van der Waals surface area contributed by atoms with Crippen molar-refractivity contribution in [3.8, 4) is 0 Å². The molecule has 23 heavy (non-hydrogen) atoms. The van der Waals surface area contributed by atoms with Gasteiger partial charge in [-0.2, -0.15) is 0 Å². The van der Waals surface area contributed by atoms with Gasteiger partial charge in [0.15, 0.2) is 0 Å². The highest BCUT2D eigenvalue weighted by Crippen LogP contribution is 2.16. The third-order valence-corrected chi connectivity index (χ3v) is 5.42. The van der Waals surface area contributed by atoms with Crippen molar-refractivity contribution in [1.29, 1.82) is 0 Å². The van der Waals surface area contributed by atoms with E-state index in [1.807, 2.05) is 44.2 Å². The highest BCUT2D eigenvalue weighted by Gasteiger charge is 2.24. The number of rotatable bonds is 7. The highest BCUT2D eigenvalue weighted by atomic mass is 32.2. The zero-order valence-corrected chi connectivity index (χ0v) is 14.3. The van der Waals surface area contributed by atoms with E-state index in [0.717, 1.165) is 11.1 Å². The van der Waals surface area contributed by atoms with Gasteiger partial charge in [-0.25, -0.2) is 13.1 Å². The lowest BCUT2D eigenvalue weighted by Gasteiger charge is -2.24. The van der Waals surface area contributed by atoms with Crippen LogP contribution in [0.15, 0.2) is 59.5 Å². The van der Waals surface area contributed by atoms with Crippen LogP contribution in [-0.2, 0) is 16.4 Å². The van der Waals surface area contributed by atoms with Crippen LogP contribution in [0.2, 0.25) is 0 Å². The summed E-state index contributed by atoms with van der Waals surface area (Å²) in [7, 11) is -3.61. The zero-order chi connectivity index (χ0) is 16.9. The predicted molar refractivity (Wildman–Crippen MR) is 91.7 cm³/mol. The summed E-state index contributed by atoms with van der Waals surface area (Å²) in [6.07, 6.45) is 0.535. The zero-order valence-electron chi connectivity index (χ0n) is 13.4. The first-order valence-corrected chi connectivity index (χ1v) is 9.14. The molecule has 0 aliphatic heterocycles. The maximum absolute atomic E-state index is 12.6. The number of hydrogen-bond acceptors (Lipinski definition) is 3. The lowest BCUT2D eigenvalue weighted by Crippen LogP contribution is -2.42. The second-order valence-corrected chi connectivity index (χ2v) is 7.60. The van der Waals surface area contributed by atoms with Crippen molar-refractivity contribution in [2.45, 2.75) is 31.2 Å². The minimum absolute atomic E-state index is 0.0755. The Morgan fingerprint density at radius 2 is 1.65 bits per heavy atom. The van der Waals surface area contributed by atoms with E-state index in [9.17, 15) is 13.5 Å². The molecule has 0 spiro atoms. The van der Waals surface area contributed by atoms with Gasteiger partial charge in [-0.1, -0.05) is 55.0 Å². The third-order valence-electron chi connectivity index (χ3n) is 3.91. The van der Waals surface area contributed by atoms with E-state index in [2.05, 4.69) is 4.72 Å². The molecule has 2 aromatic rings. The predicted octanol–water partition coefficient (Wildman–Crippen LogP) is 2.51. The molecular weight excluding hydrogens is 310 g/mol. The molecule has 2 atom stereocenters. The van der Waals surface area contributed by atoms with E-state index < -0.39 is 10.0 Å². The van der Waals surface area contributed by atoms with Crippen molar-refractivity contribution in [2.24, 2.45) is 5.92 Å². The van der Waals surface area contributed by atoms with E-state index in [4.69, 9.17) is 0 Å². The van der Waals surface area contributed by atoms with E-state index in [1.54, 1.807) is 24.3 Å². The Morgan fingerprint density at radius 1 is 1.04 bits per heavy atom. The number of sulfonamides is 1. The van der Waals surface area contributed by atoms with E-state index in [0.29, 0.717) is 6.42 Å². The molecule has 0 saturated carbocycles. The number of aryl methyl sites for hydroxylation is 1. The first-order valence-electron chi connectivity index (χ1n) is 7.66. The molecule has 0 fully saturated rings. The molecule has 2 rings (SSSR count). The second kappa shape index (κ2) is 7.73. The number of benzene rings is 2. The Kier molecular flexibility index (Phi) is 5.93. The van der Waals surface area contributed by atoms with Crippen molar-refractivity contribution in [2.75, 3.05) is 6.61 Å². The van der Waals surface area contributed by atoms with Gasteiger partial charge in [0.05, 0.1) is 4.90 Å². The normalized spacial score (nSPS) is 14.4. The summed E-state index contributed by atoms with van der Waals surface area (Å²) in [5.74, 6) is -0.185. The van der Waals surface area contributed by atoms with Crippen molar-refractivity contribution in [3.63, 3.8) is 0 Å². The maximum Gasteiger partial charge on any atom is 0.240 e. The first-order chi connectivity index (χ1) is 10.9. The molecule has 0 heterocycles. The topological polar surface area (TPSA) is 66.4 Å². The summed E-state index contributed by atoms with van der Waals surface area (Å²) in [5.41, 5.74) is 2.04. The largest absolute Gasteiger partial charge is 0.396 e. The summed E-state index contributed by atoms with van der Waals surface area (Å²) < 4.78 is 27.9. The summed E-state index contributed by atoms with van der Waals surface area (Å²) >= 11 is 0. The molecule has 2 N–H and O–H groups in total. The van der Waals surface area contributed by atoms with Crippen LogP contribution in [0.3, 0.4) is 0 Å². The van der Waals surface area contributed by atoms with Gasteiger partial charge < -0.3 is 5.11 Å². The fourth-order valence-corrected chi connectivity index (χ4v) is 3.68. The van der Waals surface area contributed by atoms with Gasteiger partial charge in [-0.3, -0.25) is 0 Å². The molecule has 0 unspecified atom stereocenters. The minimum atomic E-state index is -3.61. The first kappa shape index (κ1) is 17.7. The monoisotopic (exact) mass is 333 g/mol. The van der Waals surface area contributed by atoms with Gasteiger partial charge in [0, 0.05) is 12.6 Å². The van der Waals surface area contributed by atoms with Crippen LogP contribution in [0.4, 0.5) is 0 Å². The molecule has 4 nitrogen and oxygen atoms in total. The van der Waals surface area contributed by atoms with Crippen molar-refractivity contribution in [3.05, 3.63) is 65.7 Å². The molecular formula is C18H23NO3S. The number of aliphatic hydroxyl groups is 1. The van der Waals surface area contributed by atoms with Crippen LogP contribution in [0.25, 0.3) is 0 Å². The molecule has 0 radical (unpaired) electrons. The van der Waals surface area contributed by atoms with Gasteiger partial charge in [-0.05, 0) is 37.0 Å². The van der Waals surface area contributed by atoms with Gasteiger partial charge in [0.1, 0.15) is 0 Å². The number of aliphatic hydroxyl groups excluding tert-OH is 1. The van der Waals surface area contributed by atoms with Crippen LogP contribution in [0.1, 0.15) is 18.1 Å². The van der Waals surface area contributed by atoms with E-state index in [-0.39, 0.29) is 23.5 Å².